The zero-order valence-corrected chi connectivity index (χ0v) is 33.6. The Morgan fingerprint density at radius 3 is 2.19 bits per heavy atom. The van der Waals surface area contributed by atoms with E-state index < -0.39 is 59.7 Å². The summed E-state index contributed by atoms with van der Waals surface area (Å²) in [6, 6.07) is 6.34. The van der Waals surface area contributed by atoms with Crippen molar-refractivity contribution in [3.05, 3.63) is 35.9 Å². The summed E-state index contributed by atoms with van der Waals surface area (Å²) in [6.45, 7) is 12.8. The second-order valence-corrected chi connectivity index (χ2v) is 15.7. The van der Waals surface area contributed by atoms with Gasteiger partial charge in [0, 0.05) is 34.2 Å². The molecule has 2 saturated heterocycles. The van der Waals surface area contributed by atoms with Gasteiger partial charge in [-0.3, -0.25) is 24.1 Å². The summed E-state index contributed by atoms with van der Waals surface area (Å²) in [5.74, 6) is -3.14. The van der Waals surface area contributed by atoms with Crippen LogP contribution in [0.25, 0.3) is 0 Å². The number of nitrogens with one attached hydrogen (secondary N) is 2. The van der Waals surface area contributed by atoms with Gasteiger partial charge < -0.3 is 35.0 Å². The Bertz CT molecular complexity index is 1390. The van der Waals surface area contributed by atoms with Crippen molar-refractivity contribution in [2.45, 2.75) is 128 Å². The van der Waals surface area contributed by atoms with E-state index in [0.29, 0.717) is 19.4 Å². The average molecular weight is 744 g/mol. The molecule has 2 aliphatic rings. The summed E-state index contributed by atoms with van der Waals surface area (Å²) < 4.78 is 11.9. The van der Waals surface area contributed by atoms with E-state index in [-0.39, 0.29) is 42.4 Å². The minimum atomic E-state index is -1.14. The molecule has 9 atom stereocenters. The van der Waals surface area contributed by atoms with Crippen LogP contribution in [0.15, 0.2) is 30.3 Å². The number of rotatable bonds is 19. The Hall–Kier alpha value is -3.55. The van der Waals surface area contributed by atoms with E-state index in [2.05, 4.69) is 10.6 Å². The molecular formula is C40H65N5O8. The molecule has 2 aliphatic heterocycles. The van der Waals surface area contributed by atoms with E-state index in [4.69, 9.17) is 9.47 Å². The Labute approximate surface area is 316 Å². The molecular weight excluding hydrogens is 678 g/mol. The minimum Gasteiger partial charge on any atom is -0.480 e. The lowest BCUT2D eigenvalue weighted by atomic mass is 9.89. The van der Waals surface area contributed by atoms with Gasteiger partial charge in [-0.2, -0.15) is 0 Å². The van der Waals surface area contributed by atoms with Crippen molar-refractivity contribution in [3.8, 4) is 0 Å². The number of aliphatic carboxylic acids is 1. The number of likely N-dealkylation sites (N-methyl/N-ethyl adjacent to an activating group) is 2. The molecule has 1 unspecified atom stereocenters. The molecule has 0 spiro atoms. The summed E-state index contributed by atoms with van der Waals surface area (Å²) in [5.41, 5.74) is 0.101. The largest absolute Gasteiger partial charge is 0.480 e. The number of carboxylic acids is 1. The maximum absolute atomic E-state index is 14.2. The predicted octanol–water partition coefficient (Wildman–Crippen LogP) is 3.34. The van der Waals surface area contributed by atoms with E-state index in [1.165, 1.54) is 7.11 Å². The van der Waals surface area contributed by atoms with Gasteiger partial charge in [0.2, 0.25) is 23.6 Å². The average Bonchev–Trinajstić information content (AvgIpc) is 3.76. The maximum atomic E-state index is 14.2. The molecule has 2 fully saturated rings. The fourth-order valence-corrected chi connectivity index (χ4v) is 8.07. The van der Waals surface area contributed by atoms with Gasteiger partial charge in [-0.25, -0.2) is 4.79 Å². The van der Waals surface area contributed by atoms with Crippen LogP contribution < -0.4 is 10.6 Å². The number of benzene rings is 1. The molecule has 0 saturated carbocycles. The number of hydrogen-bond acceptors (Lipinski definition) is 8. The number of carbonyl (C=O) groups is 5. The summed E-state index contributed by atoms with van der Waals surface area (Å²) >= 11 is 0. The van der Waals surface area contributed by atoms with E-state index in [0.717, 1.165) is 31.4 Å². The molecule has 298 valence electrons. The predicted molar refractivity (Wildman–Crippen MR) is 203 cm³/mol. The van der Waals surface area contributed by atoms with Crippen molar-refractivity contribution >= 4 is 29.6 Å². The third-order valence-electron chi connectivity index (χ3n) is 11.9. The second kappa shape index (κ2) is 19.7. The van der Waals surface area contributed by atoms with Crippen LogP contribution in [0.3, 0.4) is 0 Å². The molecule has 0 aliphatic carbocycles. The Balaban J connectivity index is 1.77. The highest BCUT2D eigenvalue weighted by Gasteiger charge is 2.45. The van der Waals surface area contributed by atoms with Crippen LogP contribution in [0.2, 0.25) is 0 Å². The summed E-state index contributed by atoms with van der Waals surface area (Å²) in [4.78, 5) is 73.0. The lowest BCUT2D eigenvalue weighted by Crippen LogP contribution is -2.61. The van der Waals surface area contributed by atoms with Gasteiger partial charge in [-0.15, -0.1) is 0 Å². The van der Waals surface area contributed by atoms with E-state index in [1.54, 1.807) is 30.9 Å². The topological polar surface area (TPSA) is 158 Å². The van der Waals surface area contributed by atoms with Gasteiger partial charge in [0.05, 0.1) is 42.2 Å². The number of amides is 4. The van der Waals surface area contributed by atoms with Gasteiger partial charge in [-0.1, -0.05) is 71.4 Å². The summed E-state index contributed by atoms with van der Waals surface area (Å²) in [7, 11) is 6.70. The van der Waals surface area contributed by atoms with Gasteiger partial charge in [0.1, 0.15) is 12.1 Å². The van der Waals surface area contributed by atoms with Crippen LogP contribution in [0.5, 0.6) is 0 Å². The molecule has 0 radical (unpaired) electrons. The molecule has 13 heteroatoms. The highest BCUT2D eigenvalue weighted by Crippen LogP contribution is 2.31. The lowest BCUT2D eigenvalue weighted by molar-refractivity contribution is -0.148. The highest BCUT2D eigenvalue weighted by molar-refractivity contribution is 5.92. The Morgan fingerprint density at radius 2 is 1.66 bits per heavy atom. The number of ether oxygens (including phenoxy) is 2. The SMILES string of the molecule is CC[C@H](C)[C@@H]([C@@H](CC(=O)N1CCC[C@H]1C(OC)[C@@H](C)C(=O)N[C@@H](Cc1ccccc1)C(=O)O)OC)N(C)C(=O)[C@@H](NC(=O)[C@]1(C)CCCN1C)C(C)C. The quantitative estimate of drug-likeness (QED) is 0.193. The van der Waals surface area contributed by atoms with Crippen molar-refractivity contribution in [1.29, 1.82) is 0 Å². The summed E-state index contributed by atoms with van der Waals surface area (Å²) in [6.07, 6.45) is 2.48. The summed E-state index contributed by atoms with van der Waals surface area (Å²) in [5, 5.41) is 15.6. The monoisotopic (exact) mass is 743 g/mol. The number of hydrogen-bond donors (Lipinski definition) is 3. The number of carbonyl (C=O) groups excluding carboxylic acids is 4. The van der Waals surface area contributed by atoms with Crippen molar-refractivity contribution in [2.75, 3.05) is 41.4 Å². The number of nitrogens with zero attached hydrogens (tertiary/aromatic N) is 3. The van der Waals surface area contributed by atoms with Crippen LogP contribution >= 0.6 is 0 Å². The first kappa shape index (κ1) is 43.9. The van der Waals surface area contributed by atoms with E-state index in [1.807, 2.05) is 76.9 Å². The van der Waals surface area contributed by atoms with Crippen LogP contribution in [-0.2, 0) is 39.9 Å². The van der Waals surface area contributed by atoms with Crippen LogP contribution in [0, 0.1) is 17.8 Å². The molecule has 13 nitrogen and oxygen atoms in total. The number of carboxylic acid groups (broad SMARTS) is 1. The first-order valence-corrected chi connectivity index (χ1v) is 19.2. The molecule has 3 N–H and O–H groups in total. The third kappa shape index (κ3) is 10.6. The van der Waals surface area contributed by atoms with Crippen molar-refractivity contribution in [1.82, 2.24) is 25.3 Å². The van der Waals surface area contributed by atoms with Crippen molar-refractivity contribution < 1.29 is 38.6 Å². The molecule has 0 aromatic heterocycles. The Kier molecular flexibility index (Phi) is 16.3. The smallest absolute Gasteiger partial charge is 0.326 e. The van der Waals surface area contributed by atoms with Gasteiger partial charge in [0.25, 0.3) is 0 Å². The molecule has 3 rings (SSSR count). The van der Waals surface area contributed by atoms with E-state index in [9.17, 15) is 29.1 Å². The third-order valence-corrected chi connectivity index (χ3v) is 11.9. The fourth-order valence-electron chi connectivity index (χ4n) is 8.07. The molecule has 1 aromatic rings. The second-order valence-electron chi connectivity index (χ2n) is 15.7. The standard InChI is InChI=1S/C40H65N5O8/c1-11-26(4)34(44(8)37(48)33(25(2)3)42-39(51)40(6)20-16-21-43(40)7)31(52-9)24-32(46)45-22-15-19-30(45)35(53-10)27(5)36(47)41-29(38(49)50)23-28-17-13-12-14-18-28/h12-14,17-18,25-27,29-31,33-35H,11,15-16,19-24H2,1-10H3,(H,41,47)(H,42,51)(H,49,50)/t26-,27+,29-,30-,31+,33-,34-,35?,40-/m0/s1. The number of methoxy groups -OCH3 is 2. The zero-order valence-electron chi connectivity index (χ0n) is 33.6. The zero-order chi connectivity index (χ0) is 39.6. The van der Waals surface area contributed by atoms with Crippen molar-refractivity contribution in [3.63, 3.8) is 0 Å². The molecule has 0 bridgehead atoms. The van der Waals surface area contributed by atoms with Crippen LogP contribution in [-0.4, -0.2) is 133 Å². The molecule has 4 amide bonds. The molecule has 2 heterocycles. The normalized spacial score (nSPS) is 23.1. The lowest BCUT2D eigenvalue weighted by Gasteiger charge is -2.41. The Morgan fingerprint density at radius 1 is 1.00 bits per heavy atom. The first-order valence-electron chi connectivity index (χ1n) is 19.2. The van der Waals surface area contributed by atoms with Gasteiger partial charge in [0.15, 0.2) is 0 Å². The maximum Gasteiger partial charge on any atom is 0.326 e. The molecule has 1 aromatic carbocycles. The highest BCUT2D eigenvalue weighted by atomic mass is 16.5. The fraction of sp³-hybridized carbons (Fsp3) is 0.725. The number of likely N-dealkylation sites (tertiary alicyclic amines) is 2. The van der Waals surface area contributed by atoms with E-state index >= 15 is 0 Å². The molecule has 53 heavy (non-hydrogen) atoms. The van der Waals surface area contributed by atoms with Crippen LogP contribution in [0.1, 0.15) is 85.6 Å². The van der Waals surface area contributed by atoms with Gasteiger partial charge in [-0.05, 0) is 63.6 Å². The van der Waals surface area contributed by atoms with Gasteiger partial charge >= 0.3 is 5.97 Å². The minimum absolute atomic E-state index is 0.00360. The first-order chi connectivity index (χ1) is 25.0. The van der Waals surface area contributed by atoms with Crippen molar-refractivity contribution in [2.24, 2.45) is 17.8 Å². The van der Waals surface area contributed by atoms with Crippen LogP contribution in [0.4, 0.5) is 0 Å².